The summed E-state index contributed by atoms with van der Waals surface area (Å²) in [7, 11) is 0. The molecule has 1 aromatic heterocycles. The van der Waals surface area contributed by atoms with Gasteiger partial charge in [0.15, 0.2) is 0 Å². The van der Waals surface area contributed by atoms with Gasteiger partial charge in [0.2, 0.25) is 5.91 Å². The highest BCUT2D eigenvalue weighted by atomic mass is 16.1. The second-order valence-corrected chi connectivity index (χ2v) is 6.33. The molecule has 0 bridgehead atoms. The van der Waals surface area contributed by atoms with Crippen molar-refractivity contribution in [3.63, 3.8) is 0 Å². The SMILES string of the molecule is CC(=O)NCc1cc2n(n1)CCN(Cc1cccc(CCN)c1)C2. The third-order valence-electron chi connectivity index (χ3n) is 4.28. The van der Waals surface area contributed by atoms with Crippen LogP contribution in [0.3, 0.4) is 0 Å². The number of rotatable bonds is 6. The minimum absolute atomic E-state index is 0.0278. The number of carbonyl (C=O) groups excluding carboxylic acids is 1. The zero-order chi connectivity index (χ0) is 16.9. The summed E-state index contributed by atoms with van der Waals surface area (Å²) in [5.41, 5.74) is 10.4. The second kappa shape index (κ2) is 7.59. The Bertz CT molecular complexity index is 709. The van der Waals surface area contributed by atoms with Crippen molar-refractivity contribution < 1.29 is 4.79 Å². The van der Waals surface area contributed by atoms with Crippen LogP contribution in [0.25, 0.3) is 0 Å². The van der Waals surface area contributed by atoms with E-state index in [4.69, 9.17) is 5.73 Å². The number of amides is 1. The summed E-state index contributed by atoms with van der Waals surface area (Å²) in [4.78, 5) is 13.5. The standard InChI is InChI=1S/C18H25N5O/c1-14(24)20-11-17-10-18-13-22(7-8-23(18)21-17)12-16-4-2-3-15(9-16)5-6-19/h2-4,9-10H,5-8,11-13,19H2,1H3,(H,20,24). The van der Waals surface area contributed by atoms with Crippen LogP contribution in [0.1, 0.15) is 29.4 Å². The molecule has 1 aliphatic heterocycles. The van der Waals surface area contributed by atoms with E-state index >= 15 is 0 Å². The van der Waals surface area contributed by atoms with Crippen LogP contribution in [0.15, 0.2) is 30.3 Å². The summed E-state index contributed by atoms with van der Waals surface area (Å²) in [5.74, 6) is -0.0278. The highest BCUT2D eigenvalue weighted by molar-refractivity contribution is 5.72. The topological polar surface area (TPSA) is 76.2 Å². The first kappa shape index (κ1) is 16.7. The molecule has 128 valence electrons. The first-order valence-electron chi connectivity index (χ1n) is 8.44. The van der Waals surface area contributed by atoms with E-state index < -0.39 is 0 Å². The highest BCUT2D eigenvalue weighted by Gasteiger charge is 2.18. The van der Waals surface area contributed by atoms with E-state index in [0.717, 1.165) is 38.3 Å². The molecule has 1 aromatic carbocycles. The molecule has 0 atom stereocenters. The zero-order valence-corrected chi connectivity index (χ0v) is 14.2. The Balaban J connectivity index is 1.62. The van der Waals surface area contributed by atoms with Crippen molar-refractivity contribution in [3.8, 4) is 0 Å². The molecule has 0 spiro atoms. The maximum absolute atomic E-state index is 11.0. The number of nitrogens with two attached hydrogens (primary N) is 1. The third kappa shape index (κ3) is 4.21. The van der Waals surface area contributed by atoms with Crippen LogP contribution in [0.2, 0.25) is 0 Å². The molecule has 1 amide bonds. The van der Waals surface area contributed by atoms with Crippen molar-refractivity contribution in [1.29, 1.82) is 0 Å². The summed E-state index contributed by atoms with van der Waals surface area (Å²) < 4.78 is 2.05. The summed E-state index contributed by atoms with van der Waals surface area (Å²) >= 11 is 0. The van der Waals surface area contributed by atoms with E-state index in [2.05, 4.69) is 50.3 Å². The number of fused-ring (bicyclic) bond motifs is 1. The number of aromatic nitrogens is 2. The molecule has 0 unspecified atom stereocenters. The monoisotopic (exact) mass is 327 g/mol. The first-order chi connectivity index (χ1) is 11.6. The maximum atomic E-state index is 11.0. The van der Waals surface area contributed by atoms with Gasteiger partial charge in [0.05, 0.1) is 24.5 Å². The van der Waals surface area contributed by atoms with Crippen LogP contribution >= 0.6 is 0 Å². The highest BCUT2D eigenvalue weighted by Crippen LogP contribution is 2.17. The molecular formula is C18H25N5O. The molecule has 0 saturated heterocycles. The molecule has 0 fully saturated rings. The summed E-state index contributed by atoms with van der Waals surface area (Å²) in [6.45, 7) is 6.39. The van der Waals surface area contributed by atoms with Gasteiger partial charge < -0.3 is 11.1 Å². The molecule has 0 saturated carbocycles. The minimum atomic E-state index is -0.0278. The van der Waals surface area contributed by atoms with Crippen LogP contribution in [0, 0.1) is 0 Å². The Morgan fingerprint density at radius 1 is 1.29 bits per heavy atom. The quantitative estimate of drug-likeness (QED) is 0.831. The first-order valence-corrected chi connectivity index (χ1v) is 8.44. The molecule has 3 N–H and O–H groups in total. The Kier molecular flexibility index (Phi) is 5.27. The number of hydrogen-bond acceptors (Lipinski definition) is 4. The summed E-state index contributed by atoms with van der Waals surface area (Å²) in [6.07, 6.45) is 0.924. The largest absolute Gasteiger partial charge is 0.351 e. The van der Waals surface area contributed by atoms with Crippen molar-refractivity contribution in [2.24, 2.45) is 5.73 Å². The zero-order valence-electron chi connectivity index (χ0n) is 14.2. The van der Waals surface area contributed by atoms with E-state index in [1.54, 1.807) is 0 Å². The number of carbonyl (C=O) groups is 1. The lowest BCUT2D eigenvalue weighted by molar-refractivity contribution is -0.119. The Hall–Kier alpha value is -2.18. The van der Waals surface area contributed by atoms with Crippen molar-refractivity contribution in [2.75, 3.05) is 13.1 Å². The lowest BCUT2D eigenvalue weighted by Gasteiger charge is -2.27. The average Bonchev–Trinajstić information content (AvgIpc) is 2.96. The molecule has 2 heterocycles. The van der Waals surface area contributed by atoms with E-state index in [-0.39, 0.29) is 5.91 Å². The van der Waals surface area contributed by atoms with Gasteiger partial charge in [0, 0.05) is 26.6 Å². The van der Waals surface area contributed by atoms with Crippen LogP contribution in [0.5, 0.6) is 0 Å². The van der Waals surface area contributed by atoms with Crippen LogP contribution in [-0.2, 0) is 37.4 Å². The fraction of sp³-hybridized carbons (Fsp3) is 0.444. The second-order valence-electron chi connectivity index (χ2n) is 6.33. The number of nitrogens with zero attached hydrogens (tertiary/aromatic N) is 3. The third-order valence-corrected chi connectivity index (χ3v) is 4.28. The smallest absolute Gasteiger partial charge is 0.217 e. The van der Waals surface area contributed by atoms with Gasteiger partial charge in [-0.1, -0.05) is 24.3 Å². The van der Waals surface area contributed by atoms with Gasteiger partial charge in [-0.05, 0) is 30.2 Å². The van der Waals surface area contributed by atoms with E-state index in [9.17, 15) is 4.79 Å². The lowest BCUT2D eigenvalue weighted by atomic mass is 10.1. The molecule has 1 aliphatic rings. The fourth-order valence-corrected chi connectivity index (χ4v) is 3.12. The molecule has 0 aliphatic carbocycles. The van der Waals surface area contributed by atoms with Gasteiger partial charge in [-0.3, -0.25) is 14.4 Å². The van der Waals surface area contributed by atoms with Gasteiger partial charge in [-0.2, -0.15) is 5.10 Å². The number of benzene rings is 1. The van der Waals surface area contributed by atoms with Gasteiger partial charge in [-0.15, -0.1) is 0 Å². The molecule has 2 aromatic rings. The number of nitrogens with one attached hydrogen (secondary N) is 1. The van der Waals surface area contributed by atoms with Crippen LogP contribution in [-0.4, -0.2) is 33.7 Å². The molecular weight excluding hydrogens is 302 g/mol. The summed E-state index contributed by atoms with van der Waals surface area (Å²) in [6, 6.07) is 10.8. The van der Waals surface area contributed by atoms with Gasteiger partial charge in [0.25, 0.3) is 0 Å². The average molecular weight is 327 g/mol. The van der Waals surface area contributed by atoms with Crippen LogP contribution < -0.4 is 11.1 Å². The molecule has 3 rings (SSSR count). The van der Waals surface area contributed by atoms with Gasteiger partial charge in [0.1, 0.15) is 0 Å². The van der Waals surface area contributed by atoms with Gasteiger partial charge in [-0.25, -0.2) is 0 Å². The van der Waals surface area contributed by atoms with Crippen LogP contribution in [0.4, 0.5) is 0 Å². The predicted molar refractivity (Wildman–Crippen MR) is 93.1 cm³/mol. The van der Waals surface area contributed by atoms with Crippen molar-refractivity contribution in [2.45, 2.75) is 39.5 Å². The van der Waals surface area contributed by atoms with E-state index in [1.807, 2.05) is 0 Å². The Morgan fingerprint density at radius 3 is 2.92 bits per heavy atom. The van der Waals surface area contributed by atoms with Crippen molar-refractivity contribution in [1.82, 2.24) is 20.0 Å². The van der Waals surface area contributed by atoms with E-state index in [0.29, 0.717) is 13.1 Å². The predicted octanol–water partition coefficient (Wildman–Crippen LogP) is 1.04. The fourth-order valence-electron chi connectivity index (χ4n) is 3.12. The number of hydrogen-bond donors (Lipinski definition) is 2. The van der Waals surface area contributed by atoms with E-state index in [1.165, 1.54) is 23.7 Å². The Morgan fingerprint density at radius 2 is 2.12 bits per heavy atom. The minimum Gasteiger partial charge on any atom is -0.351 e. The van der Waals surface area contributed by atoms with Gasteiger partial charge >= 0.3 is 0 Å². The maximum Gasteiger partial charge on any atom is 0.217 e. The molecule has 0 radical (unpaired) electrons. The summed E-state index contributed by atoms with van der Waals surface area (Å²) in [5, 5.41) is 7.37. The lowest BCUT2D eigenvalue weighted by Crippen LogP contribution is -2.33. The van der Waals surface area contributed by atoms with Crippen molar-refractivity contribution >= 4 is 5.91 Å². The Labute approximate surface area is 142 Å². The normalized spacial score (nSPS) is 14.4. The molecule has 6 heteroatoms. The van der Waals surface area contributed by atoms with Crippen molar-refractivity contribution in [3.05, 3.63) is 52.8 Å². The molecule has 6 nitrogen and oxygen atoms in total. The molecule has 24 heavy (non-hydrogen) atoms.